The molecule has 0 bridgehead atoms. The number of hydrogen-bond acceptors (Lipinski definition) is 7. The number of ether oxygens (including phenoxy) is 1. The smallest absolute Gasteiger partial charge is 0.166 e. The van der Waals surface area contributed by atoms with Crippen LogP contribution in [0.25, 0.3) is 28.5 Å². The van der Waals surface area contributed by atoms with Crippen molar-refractivity contribution >= 4 is 5.82 Å². The third kappa shape index (κ3) is 4.46. The molecule has 1 N–H and O–H groups in total. The Balaban J connectivity index is 1.36. The van der Waals surface area contributed by atoms with Gasteiger partial charge in [-0.15, -0.1) is 0 Å². The zero-order chi connectivity index (χ0) is 23.3. The summed E-state index contributed by atoms with van der Waals surface area (Å²) >= 11 is 0. The van der Waals surface area contributed by atoms with Gasteiger partial charge in [0, 0.05) is 43.4 Å². The molecule has 10 heteroatoms. The Labute approximate surface area is 194 Å². The van der Waals surface area contributed by atoms with Crippen LogP contribution in [-0.4, -0.2) is 47.9 Å². The number of aromatic nitrogens is 7. The highest BCUT2D eigenvalue weighted by molar-refractivity contribution is 5.68. The van der Waals surface area contributed by atoms with Crippen molar-refractivity contribution < 1.29 is 9.13 Å². The first-order valence-corrected chi connectivity index (χ1v) is 10.6. The average Bonchev–Trinajstić information content (AvgIpc) is 3.57. The van der Waals surface area contributed by atoms with Crippen molar-refractivity contribution in [3.05, 3.63) is 85.6 Å². The van der Waals surface area contributed by atoms with Gasteiger partial charge in [-0.05, 0) is 30.3 Å². The number of methoxy groups -OCH3 is 1. The molecule has 1 aromatic carbocycles. The molecule has 34 heavy (non-hydrogen) atoms. The molecule has 0 radical (unpaired) electrons. The number of nitrogens with one attached hydrogen (secondary N) is 1. The molecule has 4 aromatic heterocycles. The highest BCUT2D eigenvalue weighted by atomic mass is 19.1. The minimum Gasteiger partial charge on any atom is -0.496 e. The number of imidazole rings is 1. The monoisotopic (exact) mass is 456 g/mol. The van der Waals surface area contributed by atoms with E-state index in [9.17, 15) is 4.39 Å². The minimum absolute atomic E-state index is 0.218. The first-order valence-electron chi connectivity index (χ1n) is 10.6. The Kier molecular flexibility index (Phi) is 5.93. The number of halogens is 1. The summed E-state index contributed by atoms with van der Waals surface area (Å²) in [6.07, 6.45) is 10.5. The lowest BCUT2D eigenvalue weighted by Crippen LogP contribution is -2.11. The second-order valence-electron chi connectivity index (χ2n) is 7.36. The van der Waals surface area contributed by atoms with Crippen molar-refractivity contribution in [2.45, 2.75) is 6.54 Å². The second kappa shape index (κ2) is 9.49. The summed E-state index contributed by atoms with van der Waals surface area (Å²) in [4.78, 5) is 17.5. The molecular formula is C24H21FN8O. The Bertz CT molecular complexity index is 1400. The Morgan fingerprint density at radius 2 is 1.97 bits per heavy atom. The first-order chi connectivity index (χ1) is 16.7. The lowest BCUT2D eigenvalue weighted by molar-refractivity contribution is 0.413. The van der Waals surface area contributed by atoms with Gasteiger partial charge in [-0.3, -0.25) is 0 Å². The van der Waals surface area contributed by atoms with E-state index in [1.54, 1.807) is 47.8 Å². The number of pyridine rings is 1. The number of rotatable bonds is 8. The molecule has 5 rings (SSSR count). The predicted molar refractivity (Wildman–Crippen MR) is 125 cm³/mol. The van der Waals surface area contributed by atoms with Crippen LogP contribution in [0.1, 0.15) is 0 Å². The summed E-state index contributed by atoms with van der Waals surface area (Å²) in [6.45, 7) is 1.49. The standard InChI is InChI=1S/C24H21FN8O/c1-34-20-5-2-4-18(25)23(20)24-28-9-8-19(30-24)17-14-29-33(15-17)22-7-3-6-21(31-22)27-11-13-32-12-10-26-16-32/h2-10,12,14-16H,11,13H2,1H3,(H,27,31). The summed E-state index contributed by atoms with van der Waals surface area (Å²) in [6, 6.07) is 12.0. The van der Waals surface area contributed by atoms with Crippen molar-refractivity contribution in [2.24, 2.45) is 0 Å². The molecule has 0 spiro atoms. The summed E-state index contributed by atoms with van der Waals surface area (Å²) in [7, 11) is 1.49. The van der Waals surface area contributed by atoms with E-state index in [-0.39, 0.29) is 11.4 Å². The SMILES string of the molecule is COc1cccc(F)c1-c1nccc(-c2cnn(-c3cccc(NCCn4ccnc4)n3)c2)n1. The van der Waals surface area contributed by atoms with Gasteiger partial charge in [0.05, 0.1) is 30.9 Å². The van der Waals surface area contributed by atoms with Crippen LogP contribution in [0, 0.1) is 5.82 Å². The van der Waals surface area contributed by atoms with Gasteiger partial charge in [-0.25, -0.2) is 29.0 Å². The Hall–Kier alpha value is -4.60. The van der Waals surface area contributed by atoms with Crippen LogP contribution in [0.5, 0.6) is 5.75 Å². The number of benzene rings is 1. The molecule has 5 aromatic rings. The van der Waals surface area contributed by atoms with Crippen molar-refractivity contribution in [1.82, 2.24) is 34.3 Å². The van der Waals surface area contributed by atoms with Gasteiger partial charge in [-0.2, -0.15) is 5.10 Å². The zero-order valence-corrected chi connectivity index (χ0v) is 18.3. The van der Waals surface area contributed by atoms with Gasteiger partial charge >= 0.3 is 0 Å². The predicted octanol–water partition coefficient (Wildman–Crippen LogP) is 3.85. The molecule has 0 saturated heterocycles. The van der Waals surface area contributed by atoms with E-state index >= 15 is 0 Å². The molecular weight excluding hydrogens is 435 g/mol. The van der Waals surface area contributed by atoms with Crippen LogP contribution in [0.2, 0.25) is 0 Å². The molecule has 0 unspecified atom stereocenters. The summed E-state index contributed by atoms with van der Waals surface area (Å²) in [5.41, 5.74) is 1.57. The quantitative estimate of drug-likeness (QED) is 0.379. The largest absolute Gasteiger partial charge is 0.496 e. The lowest BCUT2D eigenvalue weighted by atomic mass is 10.1. The van der Waals surface area contributed by atoms with Crippen molar-refractivity contribution in [2.75, 3.05) is 19.0 Å². The summed E-state index contributed by atoms with van der Waals surface area (Å²) < 4.78 is 23.4. The van der Waals surface area contributed by atoms with Gasteiger partial charge in [0.1, 0.15) is 17.4 Å². The van der Waals surface area contributed by atoms with Crippen LogP contribution in [0.4, 0.5) is 10.2 Å². The molecule has 9 nitrogen and oxygen atoms in total. The van der Waals surface area contributed by atoms with Crippen LogP contribution in [0.15, 0.2) is 79.8 Å². The second-order valence-corrected chi connectivity index (χ2v) is 7.36. The maximum absolute atomic E-state index is 14.5. The third-order valence-electron chi connectivity index (χ3n) is 5.16. The highest BCUT2D eigenvalue weighted by Crippen LogP contribution is 2.31. The molecule has 0 atom stereocenters. The molecule has 4 heterocycles. The lowest BCUT2D eigenvalue weighted by Gasteiger charge is -2.09. The first kappa shape index (κ1) is 21.3. The topological polar surface area (TPSA) is 95.6 Å². The fourth-order valence-electron chi connectivity index (χ4n) is 3.49. The van der Waals surface area contributed by atoms with Crippen LogP contribution < -0.4 is 10.1 Å². The van der Waals surface area contributed by atoms with Gasteiger partial charge in [-0.1, -0.05) is 12.1 Å². The summed E-state index contributed by atoms with van der Waals surface area (Å²) in [5.74, 6) is 1.56. The molecule has 0 aliphatic rings. The van der Waals surface area contributed by atoms with Crippen LogP contribution >= 0.6 is 0 Å². The third-order valence-corrected chi connectivity index (χ3v) is 5.16. The van der Waals surface area contributed by atoms with Crippen LogP contribution in [-0.2, 0) is 6.54 Å². The van der Waals surface area contributed by atoms with E-state index in [1.165, 1.54) is 13.2 Å². The fraction of sp³-hybridized carbons (Fsp3) is 0.125. The minimum atomic E-state index is -0.450. The van der Waals surface area contributed by atoms with E-state index < -0.39 is 5.82 Å². The summed E-state index contributed by atoms with van der Waals surface area (Å²) in [5, 5.41) is 7.74. The van der Waals surface area contributed by atoms with E-state index in [1.807, 2.05) is 35.2 Å². The van der Waals surface area contributed by atoms with E-state index in [2.05, 4.69) is 30.4 Å². The van der Waals surface area contributed by atoms with Gasteiger partial charge in [0.2, 0.25) is 0 Å². The normalized spacial score (nSPS) is 10.9. The highest BCUT2D eigenvalue weighted by Gasteiger charge is 2.16. The molecule has 0 aliphatic heterocycles. The molecule has 0 aliphatic carbocycles. The number of nitrogens with zero attached hydrogens (tertiary/aromatic N) is 7. The van der Waals surface area contributed by atoms with E-state index in [4.69, 9.17) is 4.74 Å². The van der Waals surface area contributed by atoms with Crippen LogP contribution in [0.3, 0.4) is 0 Å². The number of anilines is 1. The van der Waals surface area contributed by atoms with Gasteiger partial charge in [0.15, 0.2) is 11.6 Å². The van der Waals surface area contributed by atoms with Gasteiger partial charge in [0.25, 0.3) is 0 Å². The van der Waals surface area contributed by atoms with Crippen molar-refractivity contribution in [1.29, 1.82) is 0 Å². The maximum Gasteiger partial charge on any atom is 0.166 e. The molecule has 0 saturated carbocycles. The fourth-order valence-corrected chi connectivity index (χ4v) is 3.49. The average molecular weight is 456 g/mol. The Morgan fingerprint density at radius 3 is 2.82 bits per heavy atom. The van der Waals surface area contributed by atoms with Crippen molar-refractivity contribution in [3.63, 3.8) is 0 Å². The molecule has 0 amide bonds. The van der Waals surface area contributed by atoms with E-state index in [0.717, 1.165) is 17.9 Å². The molecule has 170 valence electrons. The van der Waals surface area contributed by atoms with Crippen molar-refractivity contribution in [3.8, 4) is 34.2 Å². The Morgan fingerprint density at radius 1 is 1.06 bits per heavy atom. The van der Waals surface area contributed by atoms with Gasteiger partial charge < -0.3 is 14.6 Å². The molecule has 0 fully saturated rings. The van der Waals surface area contributed by atoms with E-state index in [0.29, 0.717) is 23.8 Å². The number of hydrogen-bond donors (Lipinski definition) is 1. The maximum atomic E-state index is 14.5. The zero-order valence-electron chi connectivity index (χ0n) is 18.3.